The summed E-state index contributed by atoms with van der Waals surface area (Å²) < 4.78 is 0. The number of carbonyl (C=O) groups is 2. The highest BCUT2D eigenvalue weighted by Gasteiger charge is 2.48. The monoisotopic (exact) mass is 295 g/mol. The Labute approximate surface area is 120 Å². The zero-order chi connectivity index (χ0) is 13.6. The molecular formula is C14H11Cl2NO2. The fraction of sp³-hybridized carbons (Fsp3) is 0.286. The lowest BCUT2D eigenvalue weighted by Gasteiger charge is -2.16. The van der Waals surface area contributed by atoms with Crippen molar-refractivity contribution in [2.45, 2.75) is 12.8 Å². The molecule has 98 valence electrons. The van der Waals surface area contributed by atoms with Gasteiger partial charge in [-0.1, -0.05) is 41.4 Å². The van der Waals surface area contributed by atoms with Crippen molar-refractivity contribution < 1.29 is 9.59 Å². The van der Waals surface area contributed by atoms with Gasteiger partial charge in [-0.3, -0.25) is 9.59 Å². The minimum absolute atomic E-state index is 0.177. The third-order valence-corrected chi connectivity index (χ3v) is 4.49. The number of anilines is 1. The Hall–Kier alpha value is -1.32. The van der Waals surface area contributed by atoms with E-state index >= 15 is 0 Å². The number of amides is 2. The number of benzene rings is 1. The standard InChI is InChI=1S/C14H11Cl2NO2/c15-10-6-3-7-11(12(10)16)17-13(18)8-4-1-2-5-9(8)14(17)19/h1-3,6-9H,4-5H2/t8-,9-/m0/s1. The van der Waals surface area contributed by atoms with E-state index in [-0.39, 0.29) is 28.7 Å². The van der Waals surface area contributed by atoms with Crippen LogP contribution in [0.3, 0.4) is 0 Å². The Morgan fingerprint density at radius 3 is 2.16 bits per heavy atom. The molecule has 1 aliphatic heterocycles. The SMILES string of the molecule is O=C1[C@H]2CC=CC[C@@H]2C(=O)N1c1cccc(Cl)c1Cl. The van der Waals surface area contributed by atoms with Gasteiger partial charge in [-0.05, 0) is 25.0 Å². The van der Waals surface area contributed by atoms with Crippen LogP contribution < -0.4 is 4.90 Å². The second-order valence-corrected chi connectivity index (χ2v) is 5.53. The first kappa shape index (κ1) is 12.7. The molecule has 1 aromatic carbocycles. The van der Waals surface area contributed by atoms with Crippen molar-refractivity contribution >= 4 is 40.7 Å². The van der Waals surface area contributed by atoms with Gasteiger partial charge >= 0.3 is 0 Å². The summed E-state index contributed by atoms with van der Waals surface area (Å²) in [4.78, 5) is 26.0. The number of allylic oxidation sites excluding steroid dienone is 2. The van der Waals surface area contributed by atoms with Gasteiger partial charge in [0.1, 0.15) is 0 Å². The van der Waals surface area contributed by atoms with Crippen LogP contribution in [0, 0.1) is 11.8 Å². The number of hydrogen-bond donors (Lipinski definition) is 0. The molecular weight excluding hydrogens is 285 g/mol. The van der Waals surface area contributed by atoms with Crippen molar-refractivity contribution in [1.29, 1.82) is 0 Å². The van der Waals surface area contributed by atoms with Crippen molar-refractivity contribution in [2.75, 3.05) is 4.90 Å². The average Bonchev–Trinajstić information content (AvgIpc) is 2.67. The van der Waals surface area contributed by atoms with Crippen LogP contribution in [0.2, 0.25) is 10.0 Å². The van der Waals surface area contributed by atoms with Crippen LogP contribution in [-0.4, -0.2) is 11.8 Å². The molecule has 19 heavy (non-hydrogen) atoms. The van der Waals surface area contributed by atoms with Gasteiger partial charge in [-0.15, -0.1) is 0 Å². The minimum Gasteiger partial charge on any atom is -0.274 e. The third-order valence-electron chi connectivity index (χ3n) is 3.68. The molecule has 0 saturated carbocycles. The van der Waals surface area contributed by atoms with E-state index in [2.05, 4.69) is 0 Å². The summed E-state index contributed by atoms with van der Waals surface area (Å²) in [6.07, 6.45) is 5.14. The molecule has 0 N–H and O–H groups in total. The zero-order valence-corrected chi connectivity index (χ0v) is 11.5. The number of carbonyl (C=O) groups excluding carboxylic acids is 2. The lowest BCUT2D eigenvalue weighted by atomic mass is 9.85. The third kappa shape index (κ3) is 1.88. The molecule has 3 nitrogen and oxygen atoms in total. The fourth-order valence-corrected chi connectivity index (χ4v) is 3.08. The first-order valence-corrected chi connectivity index (χ1v) is 6.83. The molecule has 5 heteroatoms. The number of nitrogens with zero attached hydrogens (tertiary/aromatic N) is 1. The molecule has 3 rings (SSSR count). The van der Waals surface area contributed by atoms with Crippen LogP contribution in [0.4, 0.5) is 5.69 Å². The van der Waals surface area contributed by atoms with Crippen LogP contribution in [-0.2, 0) is 9.59 Å². The Balaban J connectivity index is 2.04. The number of halogens is 2. The molecule has 1 saturated heterocycles. The molecule has 0 radical (unpaired) electrons. The largest absolute Gasteiger partial charge is 0.274 e. The maximum absolute atomic E-state index is 12.4. The molecule has 2 amide bonds. The van der Waals surface area contributed by atoms with Crippen molar-refractivity contribution in [2.24, 2.45) is 11.8 Å². The molecule has 0 bridgehead atoms. The molecule has 2 atom stereocenters. The van der Waals surface area contributed by atoms with E-state index in [1.165, 1.54) is 4.90 Å². The van der Waals surface area contributed by atoms with E-state index in [1.54, 1.807) is 18.2 Å². The van der Waals surface area contributed by atoms with Crippen LogP contribution in [0.15, 0.2) is 30.4 Å². The molecule has 1 aliphatic carbocycles. The number of fused-ring (bicyclic) bond motifs is 1. The van der Waals surface area contributed by atoms with Gasteiger partial charge in [0.2, 0.25) is 11.8 Å². The van der Waals surface area contributed by atoms with Crippen LogP contribution in [0.25, 0.3) is 0 Å². The molecule has 1 fully saturated rings. The highest BCUT2D eigenvalue weighted by atomic mass is 35.5. The average molecular weight is 296 g/mol. The lowest BCUT2D eigenvalue weighted by molar-refractivity contribution is -0.122. The first-order chi connectivity index (χ1) is 9.11. The quantitative estimate of drug-likeness (QED) is 0.588. The van der Waals surface area contributed by atoms with E-state index in [1.807, 2.05) is 12.2 Å². The lowest BCUT2D eigenvalue weighted by Crippen LogP contribution is -2.31. The van der Waals surface area contributed by atoms with Gasteiger partial charge in [0.25, 0.3) is 0 Å². The minimum atomic E-state index is -0.257. The van der Waals surface area contributed by atoms with Crippen molar-refractivity contribution in [3.05, 3.63) is 40.4 Å². The maximum Gasteiger partial charge on any atom is 0.238 e. The molecule has 1 heterocycles. The van der Waals surface area contributed by atoms with Crippen LogP contribution in [0.5, 0.6) is 0 Å². The summed E-state index contributed by atoms with van der Waals surface area (Å²) >= 11 is 12.1. The number of imide groups is 1. The predicted octanol–water partition coefficient (Wildman–Crippen LogP) is 3.45. The Morgan fingerprint density at radius 2 is 1.58 bits per heavy atom. The second kappa shape index (κ2) is 4.66. The van der Waals surface area contributed by atoms with Gasteiger partial charge in [0, 0.05) is 0 Å². The van der Waals surface area contributed by atoms with Gasteiger partial charge < -0.3 is 0 Å². The summed E-state index contributed by atoms with van der Waals surface area (Å²) in [6.45, 7) is 0. The van der Waals surface area contributed by atoms with E-state index in [0.29, 0.717) is 23.6 Å². The number of rotatable bonds is 1. The Bertz CT molecular complexity index is 571. The highest BCUT2D eigenvalue weighted by molar-refractivity contribution is 6.44. The Morgan fingerprint density at radius 1 is 1.00 bits per heavy atom. The molecule has 0 aromatic heterocycles. The normalized spacial score (nSPS) is 25.9. The summed E-state index contributed by atoms with van der Waals surface area (Å²) in [5, 5.41) is 0.588. The highest BCUT2D eigenvalue weighted by Crippen LogP contribution is 2.41. The van der Waals surface area contributed by atoms with E-state index in [4.69, 9.17) is 23.2 Å². The Kier molecular flexibility index (Phi) is 3.11. The molecule has 0 spiro atoms. The van der Waals surface area contributed by atoms with Gasteiger partial charge in [0.05, 0.1) is 27.6 Å². The zero-order valence-electron chi connectivity index (χ0n) is 9.98. The summed E-state index contributed by atoms with van der Waals surface area (Å²) in [6, 6.07) is 4.96. The van der Waals surface area contributed by atoms with Crippen molar-refractivity contribution in [3.63, 3.8) is 0 Å². The topological polar surface area (TPSA) is 37.4 Å². The number of hydrogen-bond acceptors (Lipinski definition) is 2. The molecule has 1 aromatic rings. The van der Waals surface area contributed by atoms with E-state index in [9.17, 15) is 9.59 Å². The summed E-state index contributed by atoms with van der Waals surface area (Å²) in [7, 11) is 0. The molecule has 0 unspecified atom stereocenters. The van der Waals surface area contributed by atoms with Crippen molar-refractivity contribution in [3.8, 4) is 0 Å². The molecule has 2 aliphatic rings. The van der Waals surface area contributed by atoms with Gasteiger partial charge in [-0.25, -0.2) is 4.90 Å². The summed E-state index contributed by atoms with van der Waals surface area (Å²) in [5.74, 6) is -0.868. The fourth-order valence-electron chi connectivity index (χ4n) is 2.70. The predicted molar refractivity (Wildman–Crippen MR) is 74.3 cm³/mol. The second-order valence-electron chi connectivity index (χ2n) is 4.74. The van der Waals surface area contributed by atoms with Crippen LogP contribution in [0.1, 0.15) is 12.8 Å². The van der Waals surface area contributed by atoms with Crippen molar-refractivity contribution in [1.82, 2.24) is 0 Å². The maximum atomic E-state index is 12.4. The van der Waals surface area contributed by atoms with E-state index in [0.717, 1.165) is 0 Å². The van der Waals surface area contributed by atoms with E-state index < -0.39 is 0 Å². The van der Waals surface area contributed by atoms with Gasteiger partial charge in [0.15, 0.2) is 0 Å². The van der Waals surface area contributed by atoms with Crippen LogP contribution >= 0.6 is 23.2 Å². The summed E-state index contributed by atoms with van der Waals surface area (Å²) in [5.41, 5.74) is 0.388. The van der Waals surface area contributed by atoms with Gasteiger partial charge in [-0.2, -0.15) is 0 Å². The smallest absolute Gasteiger partial charge is 0.238 e. The first-order valence-electron chi connectivity index (χ1n) is 6.08.